The molecule has 17 heavy (non-hydrogen) atoms. The van der Waals surface area contributed by atoms with E-state index in [4.69, 9.17) is 0 Å². The Kier molecular flexibility index (Phi) is 3.30. The molecule has 1 aromatic heterocycles. The molecule has 1 saturated heterocycles. The Bertz CT molecular complexity index is 514. The van der Waals surface area contributed by atoms with E-state index in [0.717, 1.165) is 19.4 Å². The van der Waals surface area contributed by atoms with E-state index in [9.17, 15) is 8.42 Å². The molecule has 0 radical (unpaired) electrons. The summed E-state index contributed by atoms with van der Waals surface area (Å²) >= 11 is 0. The molecule has 2 heterocycles. The van der Waals surface area contributed by atoms with E-state index in [1.54, 1.807) is 11.6 Å². The Balaban J connectivity index is 2.35. The summed E-state index contributed by atoms with van der Waals surface area (Å²) in [5.41, 5.74) is 0. The minimum Gasteiger partial charge on any atom is -0.307 e. The molecule has 1 aliphatic rings. The lowest BCUT2D eigenvalue weighted by atomic mass is 10.2. The fourth-order valence-electron chi connectivity index (χ4n) is 2.04. The fourth-order valence-corrected chi connectivity index (χ4v) is 3.17. The molecule has 94 valence electrons. The molecule has 0 aliphatic carbocycles. The van der Waals surface area contributed by atoms with Gasteiger partial charge in [0.25, 0.3) is 0 Å². The van der Waals surface area contributed by atoms with Gasteiger partial charge in [-0.2, -0.15) is 0 Å². The number of hydrogen-bond donors (Lipinski definition) is 1. The van der Waals surface area contributed by atoms with Crippen LogP contribution in [-0.2, 0) is 16.9 Å². The van der Waals surface area contributed by atoms with Gasteiger partial charge in [0.1, 0.15) is 0 Å². The van der Waals surface area contributed by atoms with Gasteiger partial charge in [-0.15, -0.1) is 16.8 Å². The lowest BCUT2D eigenvalue weighted by Gasteiger charge is -2.09. The molecule has 1 N–H and O–H groups in total. The average molecular weight is 256 g/mol. The van der Waals surface area contributed by atoms with Gasteiger partial charge in [0, 0.05) is 7.05 Å². The van der Waals surface area contributed by atoms with Crippen molar-refractivity contribution in [2.45, 2.75) is 24.0 Å². The Morgan fingerprint density at radius 1 is 1.59 bits per heavy atom. The molecule has 1 aromatic rings. The highest BCUT2D eigenvalue weighted by molar-refractivity contribution is 7.91. The first-order chi connectivity index (χ1) is 8.06. The van der Waals surface area contributed by atoms with Crippen LogP contribution in [0, 0.1) is 0 Å². The van der Waals surface area contributed by atoms with E-state index >= 15 is 0 Å². The maximum atomic E-state index is 11.9. The lowest BCUT2D eigenvalue weighted by molar-refractivity contribution is 0.554. The third-order valence-corrected chi connectivity index (χ3v) is 4.44. The number of nitrogens with one attached hydrogen (secondary N) is 1. The van der Waals surface area contributed by atoms with Gasteiger partial charge in [-0.3, -0.25) is 0 Å². The van der Waals surface area contributed by atoms with Gasteiger partial charge >= 0.3 is 0 Å². The van der Waals surface area contributed by atoms with Gasteiger partial charge < -0.3 is 9.88 Å². The first-order valence-corrected chi connectivity index (χ1v) is 7.18. The van der Waals surface area contributed by atoms with Gasteiger partial charge in [-0.25, -0.2) is 8.42 Å². The molecule has 0 aromatic carbocycles. The molecule has 1 fully saturated rings. The van der Waals surface area contributed by atoms with Crippen molar-refractivity contribution in [3.8, 4) is 0 Å². The highest BCUT2D eigenvalue weighted by Crippen LogP contribution is 2.22. The van der Waals surface area contributed by atoms with E-state index in [1.165, 1.54) is 6.08 Å². The van der Waals surface area contributed by atoms with Crippen LogP contribution in [0.1, 0.15) is 24.7 Å². The molecule has 1 atom stereocenters. The summed E-state index contributed by atoms with van der Waals surface area (Å²) < 4.78 is 25.3. The number of hydrogen-bond acceptors (Lipinski definition) is 5. The summed E-state index contributed by atoms with van der Waals surface area (Å²) in [5.74, 6) is 0.571. The van der Waals surface area contributed by atoms with Crippen molar-refractivity contribution in [2.24, 2.45) is 7.05 Å². The second-order valence-corrected chi connectivity index (χ2v) is 6.05. The topological polar surface area (TPSA) is 76.9 Å². The van der Waals surface area contributed by atoms with Crippen LogP contribution < -0.4 is 5.32 Å². The molecular formula is C10H16N4O2S. The summed E-state index contributed by atoms with van der Waals surface area (Å²) in [6, 6.07) is 0.111. The van der Waals surface area contributed by atoms with Gasteiger partial charge in [0.2, 0.25) is 15.0 Å². The zero-order valence-electron chi connectivity index (χ0n) is 9.76. The van der Waals surface area contributed by atoms with E-state index in [-0.39, 0.29) is 17.0 Å². The molecule has 0 bridgehead atoms. The van der Waals surface area contributed by atoms with Crippen LogP contribution in [0.4, 0.5) is 0 Å². The quantitative estimate of drug-likeness (QED) is 0.779. The normalized spacial score (nSPS) is 20.6. The Labute approximate surface area is 101 Å². The Morgan fingerprint density at radius 3 is 2.94 bits per heavy atom. The number of nitrogens with zero attached hydrogens (tertiary/aromatic N) is 3. The minimum absolute atomic E-state index is 0.0149. The summed E-state index contributed by atoms with van der Waals surface area (Å²) in [5, 5.41) is 11.1. The standard InChI is InChI=1S/C10H16N4O2S/c1-3-7-17(15,16)10-13-12-9(14(10)2)8-5-4-6-11-8/h3,8,11H,1,4-7H2,2H3. The van der Waals surface area contributed by atoms with E-state index < -0.39 is 9.84 Å². The zero-order chi connectivity index (χ0) is 12.5. The molecule has 6 nitrogen and oxygen atoms in total. The van der Waals surface area contributed by atoms with Crippen molar-refractivity contribution < 1.29 is 8.42 Å². The summed E-state index contributed by atoms with van der Waals surface area (Å²) in [6.45, 7) is 4.37. The van der Waals surface area contributed by atoms with Crippen molar-refractivity contribution in [1.82, 2.24) is 20.1 Å². The zero-order valence-corrected chi connectivity index (χ0v) is 10.6. The molecule has 0 saturated carbocycles. The van der Waals surface area contributed by atoms with Crippen molar-refractivity contribution in [3.63, 3.8) is 0 Å². The van der Waals surface area contributed by atoms with Crippen LogP contribution in [0.5, 0.6) is 0 Å². The highest BCUT2D eigenvalue weighted by atomic mass is 32.2. The van der Waals surface area contributed by atoms with Crippen molar-refractivity contribution >= 4 is 9.84 Å². The molecule has 2 rings (SSSR count). The maximum absolute atomic E-state index is 11.9. The molecule has 1 unspecified atom stereocenters. The molecule has 0 amide bonds. The Morgan fingerprint density at radius 2 is 2.35 bits per heavy atom. The van der Waals surface area contributed by atoms with Crippen LogP contribution in [0.3, 0.4) is 0 Å². The van der Waals surface area contributed by atoms with Crippen molar-refractivity contribution in [1.29, 1.82) is 0 Å². The summed E-state index contributed by atoms with van der Waals surface area (Å²) in [4.78, 5) is 0. The number of rotatable bonds is 4. The maximum Gasteiger partial charge on any atom is 0.249 e. The smallest absolute Gasteiger partial charge is 0.249 e. The van der Waals surface area contributed by atoms with Crippen LogP contribution in [0.2, 0.25) is 0 Å². The van der Waals surface area contributed by atoms with Crippen LogP contribution in [0.15, 0.2) is 17.8 Å². The third kappa shape index (κ3) is 2.25. The van der Waals surface area contributed by atoms with Gasteiger partial charge in [-0.1, -0.05) is 6.08 Å². The lowest BCUT2D eigenvalue weighted by Crippen LogP contribution is -2.18. The molecule has 1 aliphatic heterocycles. The monoisotopic (exact) mass is 256 g/mol. The SMILES string of the molecule is C=CCS(=O)(=O)c1nnc(C2CCCN2)n1C. The highest BCUT2D eigenvalue weighted by Gasteiger charge is 2.27. The molecule has 0 spiro atoms. The number of aromatic nitrogens is 3. The molecular weight excluding hydrogens is 240 g/mol. The van der Waals surface area contributed by atoms with Gasteiger partial charge in [0.05, 0.1) is 11.8 Å². The second-order valence-electron chi connectivity index (χ2n) is 4.12. The van der Waals surface area contributed by atoms with E-state index in [0.29, 0.717) is 5.82 Å². The van der Waals surface area contributed by atoms with E-state index in [1.807, 2.05) is 0 Å². The molecule has 7 heteroatoms. The van der Waals surface area contributed by atoms with Crippen molar-refractivity contribution in [3.05, 3.63) is 18.5 Å². The summed E-state index contributed by atoms with van der Waals surface area (Å²) in [7, 11) is -1.72. The predicted octanol–water partition coefficient (Wildman–Crippen LogP) is 0.199. The average Bonchev–Trinajstić information content (AvgIpc) is 2.85. The Hall–Kier alpha value is -1.21. The first-order valence-electron chi connectivity index (χ1n) is 5.52. The number of sulfone groups is 1. The van der Waals surface area contributed by atoms with Crippen LogP contribution in [-0.4, -0.2) is 35.5 Å². The van der Waals surface area contributed by atoms with Crippen molar-refractivity contribution in [2.75, 3.05) is 12.3 Å². The van der Waals surface area contributed by atoms with Crippen LogP contribution >= 0.6 is 0 Å². The minimum atomic E-state index is -3.41. The fraction of sp³-hybridized carbons (Fsp3) is 0.600. The predicted molar refractivity (Wildman–Crippen MR) is 63.2 cm³/mol. The summed E-state index contributed by atoms with van der Waals surface area (Å²) in [6.07, 6.45) is 3.40. The van der Waals surface area contributed by atoms with E-state index in [2.05, 4.69) is 22.1 Å². The van der Waals surface area contributed by atoms with Gasteiger partial charge in [-0.05, 0) is 19.4 Å². The largest absolute Gasteiger partial charge is 0.307 e. The third-order valence-electron chi connectivity index (χ3n) is 2.86. The second kappa shape index (κ2) is 4.58. The van der Waals surface area contributed by atoms with Crippen LogP contribution in [0.25, 0.3) is 0 Å². The van der Waals surface area contributed by atoms with Gasteiger partial charge in [0.15, 0.2) is 5.82 Å². The first kappa shape index (κ1) is 12.3.